The van der Waals surface area contributed by atoms with Gasteiger partial charge in [0.2, 0.25) is 0 Å². The summed E-state index contributed by atoms with van der Waals surface area (Å²) in [5.41, 5.74) is 6.09. The van der Waals surface area contributed by atoms with Gasteiger partial charge in [-0.2, -0.15) is 5.26 Å². The molecule has 1 rings (SSSR count). The van der Waals surface area contributed by atoms with Crippen molar-refractivity contribution < 1.29 is 0 Å². The Labute approximate surface area is 93.2 Å². The molecule has 0 amide bonds. The van der Waals surface area contributed by atoms with E-state index in [2.05, 4.69) is 24.8 Å². The van der Waals surface area contributed by atoms with Gasteiger partial charge in [0.25, 0.3) is 0 Å². The van der Waals surface area contributed by atoms with Crippen LogP contribution < -0.4 is 5.73 Å². The van der Waals surface area contributed by atoms with E-state index in [0.29, 0.717) is 5.41 Å². The lowest BCUT2D eigenvalue weighted by atomic mass is 9.85. The summed E-state index contributed by atoms with van der Waals surface area (Å²) in [6, 6.07) is 1.80. The number of nitrogens with two attached hydrogens (primary N) is 1. The molecule has 0 saturated carbocycles. The molecular formula is C12H23N3. The Morgan fingerprint density at radius 3 is 2.80 bits per heavy atom. The highest BCUT2D eigenvalue weighted by atomic mass is 15.1. The van der Waals surface area contributed by atoms with E-state index in [1.54, 1.807) is 0 Å². The predicted molar refractivity (Wildman–Crippen MR) is 62.3 cm³/mol. The smallest absolute Gasteiger partial charge is 0.0940 e. The van der Waals surface area contributed by atoms with E-state index in [4.69, 9.17) is 11.0 Å². The molecule has 1 heterocycles. The van der Waals surface area contributed by atoms with Crippen molar-refractivity contribution in [3.8, 4) is 6.07 Å². The maximum absolute atomic E-state index is 8.61. The summed E-state index contributed by atoms with van der Waals surface area (Å²) in [5, 5.41) is 8.61. The molecule has 15 heavy (non-hydrogen) atoms. The van der Waals surface area contributed by atoms with Crippen LogP contribution in [0.1, 0.15) is 39.5 Å². The number of rotatable bonds is 3. The minimum absolute atomic E-state index is 0.290. The van der Waals surface area contributed by atoms with Gasteiger partial charge in [-0.1, -0.05) is 13.8 Å². The quantitative estimate of drug-likeness (QED) is 0.770. The minimum atomic E-state index is -0.290. The fourth-order valence-electron chi connectivity index (χ4n) is 2.09. The summed E-state index contributed by atoms with van der Waals surface area (Å²) < 4.78 is 0. The Bertz CT molecular complexity index is 230. The van der Waals surface area contributed by atoms with Gasteiger partial charge in [-0.05, 0) is 44.2 Å². The topological polar surface area (TPSA) is 53.0 Å². The molecule has 1 unspecified atom stereocenters. The number of hydrogen-bond donors (Lipinski definition) is 1. The second-order valence-corrected chi connectivity index (χ2v) is 5.38. The van der Waals surface area contributed by atoms with E-state index >= 15 is 0 Å². The molecule has 86 valence electrons. The summed E-state index contributed by atoms with van der Waals surface area (Å²) >= 11 is 0. The highest BCUT2D eigenvalue weighted by molar-refractivity contribution is 4.87. The minimum Gasteiger partial charge on any atom is -0.316 e. The van der Waals surface area contributed by atoms with Crippen LogP contribution in [0.4, 0.5) is 0 Å². The maximum Gasteiger partial charge on any atom is 0.0940 e. The van der Waals surface area contributed by atoms with Crippen LogP contribution in [0.5, 0.6) is 0 Å². The van der Waals surface area contributed by atoms with Crippen molar-refractivity contribution in [3.63, 3.8) is 0 Å². The van der Waals surface area contributed by atoms with E-state index in [0.717, 1.165) is 19.5 Å². The third-order valence-electron chi connectivity index (χ3n) is 3.35. The zero-order valence-corrected chi connectivity index (χ0v) is 10.00. The van der Waals surface area contributed by atoms with Gasteiger partial charge in [0.15, 0.2) is 0 Å². The van der Waals surface area contributed by atoms with E-state index < -0.39 is 0 Å². The highest BCUT2D eigenvalue weighted by Crippen LogP contribution is 2.29. The third-order valence-corrected chi connectivity index (χ3v) is 3.35. The van der Waals surface area contributed by atoms with Crippen molar-refractivity contribution in [3.05, 3.63) is 0 Å². The van der Waals surface area contributed by atoms with Gasteiger partial charge < -0.3 is 10.6 Å². The van der Waals surface area contributed by atoms with Crippen LogP contribution in [0.15, 0.2) is 0 Å². The molecule has 1 aliphatic heterocycles. The summed E-state index contributed by atoms with van der Waals surface area (Å²) in [4.78, 5) is 2.45. The molecule has 0 aromatic heterocycles. The first-order valence-electron chi connectivity index (χ1n) is 5.91. The van der Waals surface area contributed by atoms with Gasteiger partial charge >= 0.3 is 0 Å². The molecule has 3 heteroatoms. The molecule has 0 aromatic rings. The van der Waals surface area contributed by atoms with Crippen molar-refractivity contribution in [1.82, 2.24) is 4.90 Å². The van der Waals surface area contributed by atoms with Gasteiger partial charge in [-0.15, -0.1) is 0 Å². The number of nitriles is 1. The van der Waals surface area contributed by atoms with E-state index in [1.165, 1.54) is 25.8 Å². The van der Waals surface area contributed by atoms with Crippen LogP contribution >= 0.6 is 0 Å². The van der Waals surface area contributed by atoms with E-state index in [1.807, 2.05) is 0 Å². The second-order valence-electron chi connectivity index (χ2n) is 5.38. The van der Waals surface area contributed by atoms with Gasteiger partial charge in [-0.3, -0.25) is 0 Å². The molecule has 3 nitrogen and oxygen atoms in total. The average molecular weight is 209 g/mol. The van der Waals surface area contributed by atoms with Crippen LogP contribution in [-0.2, 0) is 0 Å². The monoisotopic (exact) mass is 209 g/mol. The summed E-state index contributed by atoms with van der Waals surface area (Å²) in [6.45, 7) is 7.99. The molecule has 0 radical (unpaired) electrons. The molecule has 1 aliphatic rings. The molecule has 0 bridgehead atoms. The van der Waals surface area contributed by atoms with Gasteiger partial charge in [0.1, 0.15) is 0 Å². The van der Waals surface area contributed by atoms with Crippen LogP contribution in [0.2, 0.25) is 0 Å². The predicted octanol–water partition coefficient (Wildman–Crippen LogP) is 1.74. The first-order valence-corrected chi connectivity index (χ1v) is 5.91. The molecule has 0 spiro atoms. The Hall–Kier alpha value is -0.590. The molecule has 1 saturated heterocycles. The normalized spacial score (nSPS) is 24.1. The SMILES string of the molecule is CC1(C)CCCN(CCC(N)C#N)CC1. The van der Waals surface area contributed by atoms with Crippen LogP contribution in [0.3, 0.4) is 0 Å². The molecule has 1 atom stereocenters. The molecule has 0 aromatic carbocycles. The maximum atomic E-state index is 8.61. The molecule has 0 aliphatic carbocycles. The standard InChI is InChI=1S/C12H23N3/c1-12(2)5-3-7-15(9-6-12)8-4-11(14)10-13/h11H,3-9,14H2,1-2H3. The zero-order chi connectivity index (χ0) is 11.3. The Morgan fingerprint density at radius 1 is 1.40 bits per heavy atom. The highest BCUT2D eigenvalue weighted by Gasteiger charge is 2.22. The van der Waals surface area contributed by atoms with Crippen LogP contribution in [0, 0.1) is 16.7 Å². The zero-order valence-electron chi connectivity index (χ0n) is 10.00. The van der Waals surface area contributed by atoms with Gasteiger partial charge in [0, 0.05) is 6.54 Å². The number of likely N-dealkylation sites (tertiary alicyclic amines) is 1. The van der Waals surface area contributed by atoms with E-state index in [-0.39, 0.29) is 6.04 Å². The lowest BCUT2D eigenvalue weighted by Crippen LogP contribution is -2.31. The van der Waals surface area contributed by atoms with Crippen LogP contribution in [-0.4, -0.2) is 30.6 Å². The Balaban J connectivity index is 2.29. The van der Waals surface area contributed by atoms with Crippen molar-refractivity contribution in [2.45, 2.75) is 45.6 Å². The first-order chi connectivity index (χ1) is 7.03. The molecule has 2 N–H and O–H groups in total. The Morgan fingerprint density at radius 2 is 2.13 bits per heavy atom. The van der Waals surface area contributed by atoms with Gasteiger partial charge in [-0.25, -0.2) is 0 Å². The largest absolute Gasteiger partial charge is 0.316 e. The third kappa shape index (κ3) is 4.63. The fourth-order valence-corrected chi connectivity index (χ4v) is 2.09. The van der Waals surface area contributed by atoms with Crippen molar-refractivity contribution in [1.29, 1.82) is 5.26 Å². The van der Waals surface area contributed by atoms with Crippen molar-refractivity contribution in [2.24, 2.45) is 11.1 Å². The van der Waals surface area contributed by atoms with Crippen molar-refractivity contribution >= 4 is 0 Å². The molecule has 1 fully saturated rings. The summed E-state index contributed by atoms with van der Waals surface area (Å²) in [7, 11) is 0. The van der Waals surface area contributed by atoms with Gasteiger partial charge in [0.05, 0.1) is 12.1 Å². The van der Waals surface area contributed by atoms with Crippen molar-refractivity contribution in [2.75, 3.05) is 19.6 Å². The Kier molecular flexibility index (Phi) is 4.56. The number of hydrogen-bond acceptors (Lipinski definition) is 3. The van der Waals surface area contributed by atoms with E-state index in [9.17, 15) is 0 Å². The lowest BCUT2D eigenvalue weighted by Gasteiger charge is -2.23. The lowest BCUT2D eigenvalue weighted by molar-refractivity contribution is 0.258. The second kappa shape index (κ2) is 5.48. The molecular weight excluding hydrogens is 186 g/mol. The van der Waals surface area contributed by atoms with Crippen LogP contribution in [0.25, 0.3) is 0 Å². The average Bonchev–Trinajstić information content (AvgIpc) is 2.36. The fraction of sp³-hybridized carbons (Fsp3) is 0.917. The summed E-state index contributed by atoms with van der Waals surface area (Å²) in [5.74, 6) is 0. The first kappa shape index (κ1) is 12.5. The number of nitrogens with zero attached hydrogens (tertiary/aromatic N) is 2. The summed E-state index contributed by atoms with van der Waals surface area (Å²) in [6.07, 6.45) is 4.65.